The van der Waals surface area contributed by atoms with E-state index in [1.54, 1.807) is 18.0 Å². The highest BCUT2D eigenvalue weighted by atomic mass is 32.1. The van der Waals surface area contributed by atoms with E-state index in [1.165, 1.54) is 17.0 Å². The molecule has 3 heterocycles. The third kappa shape index (κ3) is 8.03. The Bertz CT molecular complexity index is 1560. The van der Waals surface area contributed by atoms with Crippen LogP contribution in [-0.4, -0.2) is 82.6 Å². The summed E-state index contributed by atoms with van der Waals surface area (Å²) in [6.45, 7) is -2.05. The molecule has 6 nitrogen and oxygen atoms in total. The molecule has 3 aromatic rings. The Labute approximate surface area is 258 Å². The minimum absolute atomic E-state index is 0.0649. The maximum atomic E-state index is 15.0. The molecular formula is C30H30F8N4O2S. The SMILES string of the molecule is CN1CCC(Nc2cccc3c(CC(F)(F)F)c(C#CCNc4cc(F)c(N5CCOCC5)cc4OC(F)F)sc23)C(F)(F)C1. The summed E-state index contributed by atoms with van der Waals surface area (Å²) in [7, 11) is 1.59. The van der Waals surface area contributed by atoms with Gasteiger partial charge in [0.15, 0.2) is 5.75 Å². The first-order valence-electron chi connectivity index (χ1n) is 14.1. The number of ether oxygens (including phenoxy) is 2. The zero-order valence-electron chi connectivity index (χ0n) is 24.0. The maximum absolute atomic E-state index is 15.0. The average Bonchev–Trinajstić information content (AvgIpc) is 3.30. The van der Waals surface area contributed by atoms with Crippen LogP contribution in [0.3, 0.4) is 0 Å². The van der Waals surface area contributed by atoms with Crippen molar-refractivity contribution < 1.29 is 44.6 Å². The van der Waals surface area contributed by atoms with E-state index in [9.17, 15) is 35.1 Å². The number of piperidine rings is 1. The Kier molecular flexibility index (Phi) is 9.85. The van der Waals surface area contributed by atoms with E-state index in [0.717, 1.165) is 23.5 Å². The molecule has 0 saturated carbocycles. The third-order valence-electron chi connectivity index (χ3n) is 7.50. The fraction of sp³-hybridized carbons (Fsp3) is 0.467. The van der Waals surface area contributed by atoms with Crippen LogP contribution in [0.25, 0.3) is 10.1 Å². The molecule has 0 bridgehead atoms. The lowest BCUT2D eigenvalue weighted by atomic mass is 10.0. The van der Waals surface area contributed by atoms with Crippen molar-refractivity contribution in [3.8, 4) is 17.6 Å². The van der Waals surface area contributed by atoms with Crippen LogP contribution >= 0.6 is 11.3 Å². The van der Waals surface area contributed by atoms with Crippen molar-refractivity contribution in [2.75, 3.05) is 68.5 Å². The smallest absolute Gasteiger partial charge is 0.393 e. The van der Waals surface area contributed by atoms with Crippen molar-refractivity contribution in [2.45, 2.75) is 37.6 Å². The second kappa shape index (κ2) is 13.5. The Balaban J connectivity index is 1.41. The van der Waals surface area contributed by atoms with Gasteiger partial charge in [-0.1, -0.05) is 24.0 Å². The molecule has 0 spiro atoms. The second-order valence-corrected chi connectivity index (χ2v) is 11.8. The highest BCUT2D eigenvalue weighted by Gasteiger charge is 2.44. The van der Waals surface area contributed by atoms with E-state index in [2.05, 4.69) is 27.2 Å². The summed E-state index contributed by atoms with van der Waals surface area (Å²) in [6.07, 6.45) is -5.72. The van der Waals surface area contributed by atoms with Crippen LogP contribution in [0.2, 0.25) is 0 Å². The number of halogens is 8. The Morgan fingerprint density at radius 3 is 2.58 bits per heavy atom. The second-order valence-electron chi connectivity index (χ2n) is 10.8. The number of nitrogens with one attached hydrogen (secondary N) is 2. The predicted octanol–water partition coefficient (Wildman–Crippen LogP) is 6.80. The molecule has 1 atom stereocenters. The lowest BCUT2D eigenvalue weighted by Gasteiger charge is -2.37. The van der Waals surface area contributed by atoms with Crippen molar-refractivity contribution in [1.29, 1.82) is 0 Å². The van der Waals surface area contributed by atoms with Gasteiger partial charge in [-0.2, -0.15) is 22.0 Å². The molecule has 244 valence electrons. The Morgan fingerprint density at radius 1 is 1.13 bits per heavy atom. The lowest BCUT2D eigenvalue weighted by Crippen LogP contribution is -2.53. The van der Waals surface area contributed by atoms with Gasteiger partial charge in [-0.25, -0.2) is 13.2 Å². The number of anilines is 3. The molecule has 15 heteroatoms. The van der Waals surface area contributed by atoms with Crippen molar-refractivity contribution >= 4 is 38.5 Å². The lowest BCUT2D eigenvalue weighted by molar-refractivity contribution is -0.127. The molecule has 45 heavy (non-hydrogen) atoms. The summed E-state index contributed by atoms with van der Waals surface area (Å²) in [4.78, 5) is 3.23. The van der Waals surface area contributed by atoms with Gasteiger partial charge in [0.1, 0.15) is 5.82 Å². The van der Waals surface area contributed by atoms with Gasteiger partial charge in [-0.3, -0.25) is 0 Å². The fourth-order valence-electron chi connectivity index (χ4n) is 5.42. The number of likely N-dealkylation sites (tertiary alicyclic amines) is 1. The number of thiophene rings is 1. The number of hydrogen-bond acceptors (Lipinski definition) is 7. The quantitative estimate of drug-likeness (QED) is 0.205. The first kappa shape index (κ1) is 32.9. The molecule has 0 radical (unpaired) electrons. The number of fused-ring (bicyclic) bond motifs is 1. The van der Waals surface area contributed by atoms with Crippen LogP contribution in [0.4, 0.5) is 52.2 Å². The first-order chi connectivity index (χ1) is 21.3. The topological polar surface area (TPSA) is 49.0 Å². The fourth-order valence-corrected chi connectivity index (χ4v) is 6.59. The molecule has 2 saturated heterocycles. The van der Waals surface area contributed by atoms with Gasteiger partial charge in [0.2, 0.25) is 0 Å². The summed E-state index contributed by atoms with van der Waals surface area (Å²) in [6, 6.07) is 5.48. The van der Waals surface area contributed by atoms with Gasteiger partial charge in [0.05, 0.1) is 65.4 Å². The zero-order valence-corrected chi connectivity index (χ0v) is 24.9. The molecule has 0 amide bonds. The molecule has 2 aliphatic rings. The Hall–Kier alpha value is -3.48. The van der Waals surface area contributed by atoms with E-state index in [4.69, 9.17) is 4.74 Å². The molecule has 5 rings (SSSR count). The summed E-state index contributed by atoms with van der Waals surface area (Å²) >= 11 is 0.940. The maximum Gasteiger partial charge on any atom is 0.393 e. The molecule has 2 N–H and O–H groups in total. The number of benzene rings is 2. The van der Waals surface area contributed by atoms with Crippen LogP contribution in [0, 0.1) is 17.7 Å². The van der Waals surface area contributed by atoms with Crippen LogP contribution in [-0.2, 0) is 11.2 Å². The largest absolute Gasteiger partial charge is 0.433 e. The predicted molar refractivity (Wildman–Crippen MR) is 157 cm³/mol. The van der Waals surface area contributed by atoms with Gasteiger partial charge in [-0.15, -0.1) is 11.3 Å². The standard InChI is InChI=1S/C30H30F8N4O2S/c1-41-9-7-26(29(34,35)17-41)40-21-5-2-4-18-19(16-30(36,37)38)25(45-27(18)21)6-3-8-39-22-14-20(31)23(15-24(22)44-28(32)33)42-10-12-43-13-11-42/h2,4-5,14-15,26,28,39-40H,7-13,16-17H2,1H3. The van der Waals surface area contributed by atoms with Crippen LogP contribution < -0.4 is 20.3 Å². The zero-order chi connectivity index (χ0) is 32.4. The summed E-state index contributed by atoms with van der Waals surface area (Å²) in [5.74, 6) is 1.31. The van der Waals surface area contributed by atoms with E-state index >= 15 is 0 Å². The van der Waals surface area contributed by atoms with Gasteiger partial charge in [0, 0.05) is 31.8 Å². The van der Waals surface area contributed by atoms with Crippen LogP contribution in [0.1, 0.15) is 16.9 Å². The number of morpholine rings is 1. The molecule has 0 aliphatic carbocycles. The Morgan fingerprint density at radius 2 is 1.89 bits per heavy atom. The van der Waals surface area contributed by atoms with Gasteiger partial charge in [0.25, 0.3) is 5.92 Å². The third-order valence-corrected chi connectivity index (χ3v) is 8.70. The van der Waals surface area contributed by atoms with Crippen LogP contribution in [0.5, 0.6) is 5.75 Å². The monoisotopic (exact) mass is 662 g/mol. The van der Waals surface area contributed by atoms with Crippen molar-refractivity contribution in [3.05, 3.63) is 46.6 Å². The van der Waals surface area contributed by atoms with Crippen molar-refractivity contribution in [1.82, 2.24) is 4.90 Å². The van der Waals surface area contributed by atoms with Gasteiger partial charge < -0.3 is 29.9 Å². The summed E-state index contributed by atoms with van der Waals surface area (Å²) in [5.41, 5.74) is 0.133. The van der Waals surface area contributed by atoms with E-state index in [-0.39, 0.29) is 51.6 Å². The first-order valence-corrected chi connectivity index (χ1v) is 14.9. The summed E-state index contributed by atoms with van der Waals surface area (Å²) in [5, 5.41) is 5.80. The summed E-state index contributed by atoms with van der Waals surface area (Å²) < 4.78 is 122. The minimum Gasteiger partial charge on any atom is -0.433 e. The van der Waals surface area contributed by atoms with Gasteiger partial charge in [-0.05, 0) is 30.5 Å². The molecule has 2 aliphatic heterocycles. The highest BCUT2D eigenvalue weighted by Crippen LogP contribution is 2.41. The number of nitrogens with zero attached hydrogens (tertiary/aromatic N) is 2. The van der Waals surface area contributed by atoms with Gasteiger partial charge >= 0.3 is 12.8 Å². The van der Waals surface area contributed by atoms with Crippen LogP contribution in [0.15, 0.2) is 30.3 Å². The average molecular weight is 663 g/mol. The molecular weight excluding hydrogens is 632 g/mol. The number of rotatable bonds is 8. The normalized spacial score (nSPS) is 19.0. The number of hydrogen-bond donors (Lipinski definition) is 2. The molecule has 1 unspecified atom stereocenters. The minimum atomic E-state index is -4.58. The molecule has 2 aromatic carbocycles. The number of alkyl halides is 7. The molecule has 1 aromatic heterocycles. The van der Waals surface area contributed by atoms with Crippen molar-refractivity contribution in [2.24, 2.45) is 0 Å². The van der Waals surface area contributed by atoms with E-state index < -0.39 is 43.5 Å². The van der Waals surface area contributed by atoms with E-state index in [1.807, 2.05) is 0 Å². The molecule has 2 fully saturated rings. The van der Waals surface area contributed by atoms with E-state index in [0.29, 0.717) is 37.5 Å². The van der Waals surface area contributed by atoms with Crippen molar-refractivity contribution in [3.63, 3.8) is 0 Å². The highest BCUT2D eigenvalue weighted by molar-refractivity contribution is 7.20.